The number of aliphatic hydroxyl groups is 1. The lowest BCUT2D eigenvalue weighted by atomic mass is 10.3. The SMILES string of the molecule is C=O.CC(=O)NCO.Oc1ccccc1. The molecule has 1 amide bonds. The van der Waals surface area contributed by atoms with Gasteiger partial charge in [0.2, 0.25) is 5.91 Å². The molecule has 0 spiro atoms. The molecule has 5 nitrogen and oxygen atoms in total. The number of carbonyl (C=O) groups is 2. The van der Waals surface area contributed by atoms with Crippen molar-refractivity contribution >= 4 is 12.7 Å². The van der Waals surface area contributed by atoms with E-state index in [9.17, 15) is 4.79 Å². The standard InChI is InChI=1S/C6H6O.C3H7NO2.CH2O/c7-6-4-2-1-3-5-6;1-3(6)4-2-5;1-2/h1-5,7H;5H,2H2,1H3,(H,4,6);1H2. The number of para-hydroxylation sites is 1. The van der Waals surface area contributed by atoms with Crippen LogP contribution in [0, 0.1) is 0 Å². The largest absolute Gasteiger partial charge is 0.508 e. The Morgan fingerprint density at radius 3 is 1.93 bits per heavy atom. The average Bonchev–Trinajstić information content (AvgIpc) is 2.22. The zero-order valence-electron chi connectivity index (χ0n) is 8.51. The van der Waals surface area contributed by atoms with Crippen molar-refractivity contribution < 1.29 is 19.8 Å². The molecule has 0 radical (unpaired) electrons. The summed E-state index contributed by atoms with van der Waals surface area (Å²) >= 11 is 0. The molecule has 0 saturated carbocycles. The fourth-order valence-electron chi connectivity index (χ4n) is 0.539. The van der Waals surface area contributed by atoms with Crippen molar-refractivity contribution in [3.63, 3.8) is 0 Å². The number of phenolic OH excluding ortho intramolecular Hbond substituents is 1. The molecule has 0 aliphatic carbocycles. The van der Waals surface area contributed by atoms with Crippen LogP contribution in [0.5, 0.6) is 5.75 Å². The minimum absolute atomic E-state index is 0.211. The van der Waals surface area contributed by atoms with Crippen LogP contribution in [-0.4, -0.2) is 29.6 Å². The highest BCUT2D eigenvalue weighted by Gasteiger charge is 1.79. The number of hydrogen-bond acceptors (Lipinski definition) is 4. The van der Waals surface area contributed by atoms with Crippen LogP contribution in [0.4, 0.5) is 0 Å². The molecular weight excluding hydrogens is 198 g/mol. The van der Waals surface area contributed by atoms with E-state index >= 15 is 0 Å². The molecule has 0 heterocycles. The van der Waals surface area contributed by atoms with Crippen LogP contribution >= 0.6 is 0 Å². The third kappa shape index (κ3) is 14.9. The summed E-state index contributed by atoms with van der Waals surface area (Å²) in [6, 6.07) is 8.71. The zero-order valence-corrected chi connectivity index (χ0v) is 8.51. The molecule has 15 heavy (non-hydrogen) atoms. The van der Waals surface area contributed by atoms with Gasteiger partial charge in [-0.1, -0.05) is 18.2 Å². The molecule has 0 aliphatic heterocycles. The van der Waals surface area contributed by atoms with Crippen LogP contribution in [0.15, 0.2) is 30.3 Å². The normalized spacial score (nSPS) is 7.33. The Balaban J connectivity index is 0. The van der Waals surface area contributed by atoms with Gasteiger partial charge in [-0.2, -0.15) is 0 Å². The molecule has 1 aromatic carbocycles. The molecule has 1 rings (SSSR count). The van der Waals surface area contributed by atoms with Crippen molar-refractivity contribution in [2.45, 2.75) is 6.92 Å². The number of aromatic hydroxyl groups is 1. The van der Waals surface area contributed by atoms with Crippen LogP contribution in [0.1, 0.15) is 6.92 Å². The maximum absolute atomic E-state index is 9.77. The van der Waals surface area contributed by atoms with Gasteiger partial charge in [0.1, 0.15) is 19.3 Å². The number of aliphatic hydroxyl groups excluding tert-OH is 1. The molecule has 0 aliphatic rings. The summed E-state index contributed by atoms with van der Waals surface area (Å²) < 4.78 is 0. The minimum Gasteiger partial charge on any atom is -0.508 e. The Morgan fingerprint density at radius 1 is 1.33 bits per heavy atom. The molecule has 0 saturated heterocycles. The lowest BCUT2D eigenvalue weighted by Crippen LogP contribution is -2.19. The summed E-state index contributed by atoms with van der Waals surface area (Å²) in [4.78, 5) is 17.8. The van der Waals surface area contributed by atoms with Gasteiger partial charge in [0.15, 0.2) is 0 Å². The van der Waals surface area contributed by atoms with E-state index in [-0.39, 0.29) is 12.6 Å². The number of phenols is 1. The van der Waals surface area contributed by atoms with Crippen molar-refractivity contribution in [1.29, 1.82) is 0 Å². The first-order chi connectivity index (χ1) is 7.16. The molecule has 0 bridgehead atoms. The fourth-order valence-corrected chi connectivity index (χ4v) is 0.539. The highest BCUT2D eigenvalue weighted by molar-refractivity contribution is 5.72. The first-order valence-electron chi connectivity index (χ1n) is 4.05. The molecule has 0 unspecified atom stereocenters. The maximum atomic E-state index is 9.77. The van der Waals surface area contributed by atoms with E-state index in [4.69, 9.17) is 15.0 Å². The second-order valence-electron chi connectivity index (χ2n) is 2.23. The van der Waals surface area contributed by atoms with Gasteiger partial charge in [0.05, 0.1) is 0 Å². The quantitative estimate of drug-likeness (QED) is 0.585. The average molecular weight is 213 g/mol. The van der Waals surface area contributed by atoms with Crippen molar-refractivity contribution in [3.8, 4) is 5.75 Å². The molecule has 5 heteroatoms. The van der Waals surface area contributed by atoms with Gasteiger partial charge in [-0.05, 0) is 12.1 Å². The van der Waals surface area contributed by atoms with E-state index in [0.717, 1.165) is 0 Å². The molecule has 0 fully saturated rings. The number of benzene rings is 1. The van der Waals surface area contributed by atoms with Gasteiger partial charge in [0.25, 0.3) is 0 Å². The Hall–Kier alpha value is -1.88. The van der Waals surface area contributed by atoms with E-state index < -0.39 is 0 Å². The predicted octanol–water partition coefficient (Wildman–Crippen LogP) is 0.280. The lowest BCUT2D eigenvalue weighted by Gasteiger charge is -1.88. The lowest BCUT2D eigenvalue weighted by molar-refractivity contribution is -0.120. The van der Waals surface area contributed by atoms with E-state index in [1.165, 1.54) is 6.92 Å². The van der Waals surface area contributed by atoms with Crippen molar-refractivity contribution in [3.05, 3.63) is 30.3 Å². The Kier molecular flexibility index (Phi) is 12.6. The van der Waals surface area contributed by atoms with Crippen LogP contribution < -0.4 is 5.32 Å². The number of nitrogens with one attached hydrogen (secondary N) is 1. The monoisotopic (exact) mass is 213 g/mol. The van der Waals surface area contributed by atoms with Gasteiger partial charge in [-0.3, -0.25) is 4.79 Å². The Morgan fingerprint density at radius 2 is 1.80 bits per heavy atom. The third-order valence-electron chi connectivity index (χ3n) is 1.08. The van der Waals surface area contributed by atoms with Gasteiger partial charge >= 0.3 is 0 Å². The van der Waals surface area contributed by atoms with Gasteiger partial charge in [-0.25, -0.2) is 0 Å². The molecule has 1 aromatic rings. The number of hydrogen-bond donors (Lipinski definition) is 3. The van der Waals surface area contributed by atoms with Gasteiger partial charge < -0.3 is 20.3 Å². The van der Waals surface area contributed by atoms with Gasteiger partial charge in [0, 0.05) is 6.92 Å². The fraction of sp³-hybridized carbons (Fsp3) is 0.200. The minimum atomic E-state index is -0.269. The number of rotatable bonds is 1. The molecule has 84 valence electrons. The van der Waals surface area contributed by atoms with E-state index in [2.05, 4.69) is 5.32 Å². The second kappa shape index (κ2) is 12.1. The van der Waals surface area contributed by atoms with Crippen LogP contribution in [-0.2, 0) is 9.59 Å². The van der Waals surface area contributed by atoms with Crippen LogP contribution in [0.2, 0.25) is 0 Å². The molecule has 0 aromatic heterocycles. The van der Waals surface area contributed by atoms with Crippen LogP contribution in [0.25, 0.3) is 0 Å². The summed E-state index contributed by atoms with van der Waals surface area (Å²) in [5.74, 6) is 0.111. The summed E-state index contributed by atoms with van der Waals surface area (Å²) in [5.41, 5.74) is 0. The second-order valence-corrected chi connectivity index (χ2v) is 2.23. The highest BCUT2D eigenvalue weighted by Crippen LogP contribution is 2.02. The van der Waals surface area contributed by atoms with E-state index in [1.54, 1.807) is 24.3 Å². The topological polar surface area (TPSA) is 86.6 Å². The van der Waals surface area contributed by atoms with E-state index in [0.29, 0.717) is 5.75 Å². The highest BCUT2D eigenvalue weighted by atomic mass is 16.3. The molecular formula is C10H15NO4. The first kappa shape index (κ1) is 15.6. The zero-order chi connectivity index (χ0) is 12.1. The summed E-state index contributed by atoms with van der Waals surface area (Å²) in [6.07, 6.45) is 0. The summed E-state index contributed by atoms with van der Waals surface area (Å²) in [5, 5.41) is 18.7. The van der Waals surface area contributed by atoms with Crippen molar-refractivity contribution in [2.24, 2.45) is 0 Å². The third-order valence-corrected chi connectivity index (χ3v) is 1.08. The summed E-state index contributed by atoms with van der Waals surface area (Å²) in [7, 11) is 0. The number of carbonyl (C=O) groups excluding carboxylic acids is 2. The Labute approximate surface area is 88.4 Å². The first-order valence-corrected chi connectivity index (χ1v) is 4.05. The van der Waals surface area contributed by atoms with Crippen molar-refractivity contribution in [1.82, 2.24) is 5.32 Å². The molecule has 3 N–H and O–H groups in total. The predicted molar refractivity (Wildman–Crippen MR) is 56.1 cm³/mol. The molecule has 0 atom stereocenters. The number of amides is 1. The van der Waals surface area contributed by atoms with Gasteiger partial charge in [-0.15, -0.1) is 0 Å². The Bertz CT molecular complexity index is 251. The van der Waals surface area contributed by atoms with Crippen LogP contribution in [0.3, 0.4) is 0 Å². The maximum Gasteiger partial charge on any atom is 0.218 e. The smallest absolute Gasteiger partial charge is 0.218 e. The summed E-state index contributed by atoms with van der Waals surface area (Å²) in [6.45, 7) is 3.07. The van der Waals surface area contributed by atoms with Crippen molar-refractivity contribution in [2.75, 3.05) is 6.73 Å². The van der Waals surface area contributed by atoms with E-state index in [1.807, 2.05) is 12.9 Å².